The molecule has 0 radical (unpaired) electrons. The molecule has 15 heavy (non-hydrogen) atoms. The fraction of sp³-hybridized carbons (Fsp3) is 0.727. The molecule has 4 heteroatoms. The topological polar surface area (TPSA) is 35.5 Å². The van der Waals surface area contributed by atoms with Crippen molar-refractivity contribution in [1.29, 1.82) is 0 Å². The Bertz CT molecular complexity index is 255. The SMILES string of the molecule is COC(=O)[C@@H]1CCC=C[C@H]1O[Si](C)(C)C. The van der Waals surface area contributed by atoms with Crippen LogP contribution < -0.4 is 0 Å². The summed E-state index contributed by atoms with van der Waals surface area (Å²) in [5.74, 6) is -0.269. The van der Waals surface area contributed by atoms with Gasteiger partial charge in [0.05, 0.1) is 19.1 Å². The molecular formula is C11H20O3Si. The van der Waals surface area contributed by atoms with Crippen molar-refractivity contribution in [3.05, 3.63) is 12.2 Å². The van der Waals surface area contributed by atoms with Crippen LogP contribution in [0.25, 0.3) is 0 Å². The smallest absolute Gasteiger partial charge is 0.311 e. The Morgan fingerprint density at radius 1 is 1.40 bits per heavy atom. The Kier molecular flexibility index (Phi) is 4.10. The minimum atomic E-state index is -1.60. The highest BCUT2D eigenvalue weighted by molar-refractivity contribution is 6.69. The molecule has 0 heterocycles. The molecule has 1 aliphatic rings. The van der Waals surface area contributed by atoms with Gasteiger partial charge in [-0.25, -0.2) is 0 Å². The van der Waals surface area contributed by atoms with E-state index < -0.39 is 8.32 Å². The van der Waals surface area contributed by atoms with Gasteiger partial charge in [-0.15, -0.1) is 0 Å². The molecule has 2 atom stereocenters. The Morgan fingerprint density at radius 2 is 2.07 bits per heavy atom. The van der Waals surface area contributed by atoms with Crippen molar-refractivity contribution in [2.24, 2.45) is 5.92 Å². The zero-order valence-electron chi connectivity index (χ0n) is 9.95. The molecule has 0 bridgehead atoms. The minimum absolute atomic E-state index is 0.0853. The highest BCUT2D eigenvalue weighted by Gasteiger charge is 2.32. The molecule has 0 fully saturated rings. The van der Waals surface area contributed by atoms with Crippen molar-refractivity contribution in [3.8, 4) is 0 Å². The van der Waals surface area contributed by atoms with Crippen LogP contribution in [0.5, 0.6) is 0 Å². The van der Waals surface area contributed by atoms with Gasteiger partial charge in [0.1, 0.15) is 0 Å². The summed E-state index contributed by atoms with van der Waals surface area (Å²) in [6.45, 7) is 6.39. The van der Waals surface area contributed by atoms with E-state index in [9.17, 15) is 4.79 Å². The quantitative estimate of drug-likeness (QED) is 0.422. The van der Waals surface area contributed by atoms with Crippen LogP contribution in [0.2, 0.25) is 19.6 Å². The van der Waals surface area contributed by atoms with Crippen LogP contribution in [0.3, 0.4) is 0 Å². The lowest BCUT2D eigenvalue weighted by Gasteiger charge is -2.31. The fourth-order valence-electron chi connectivity index (χ4n) is 1.74. The second-order valence-electron chi connectivity index (χ2n) is 4.83. The molecule has 0 saturated carbocycles. The zero-order valence-corrected chi connectivity index (χ0v) is 10.9. The number of esters is 1. The molecule has 0 saturated heterocycles. The maximum atomic E-state index is 11.5. The largest absolute Gasteiger partial charge is 0.469 e. The van der Waals surface area contributed by atoms with Crippen LogP contribution in [0.1, 0.15) is 12.8 Å². The third-order valence-electron chi connectivity index (χ3n) is 2.36. The Labute approximate surface area is 92.6 Å². The number of methoxy groups -OCH3 is 1. The van der Waals surface area contributed by atoms with Crippen LogP contribution >= 0.6 is 0 Å². The number of carbonyl (C=O) groups excluding carboxylic acids is 1. The van der Waals surface area contributed by atoms with E-state index in [0.717, 1.165) is 12.8 Å². The standard InChI is InChI=1S/C11H20O3Si/c1-13-11(12)9-7-5-6-8-10(9)14-15(2,3)4/h6,8-10H,5,7H2,1-4H3/t9-,10-/m1/s1. The monoisotopic (exact) mass is 228 g/mol. The summed E-state index contributed by atoms with van der Waals surface area (Å²) in [5, 5.41) is 0. The van der Waals surface area contributed by atoms with Crippen molar-refractivity contribution in [1.82, 2.24) is 0 Å². The van der Waals surface area contributed by atoms with Gasteiger partial charge in [-0.2, -0.15) is 0 Å². The van der Waals surface area contributed by atoms with Gasteiger partial charge in [0.2, 0.25) is 0 Å². The van der Waals surface area contributed by atoms with E-state index in [-0.39, 0.29) is 18.0 Å². The normalized spacial score (nSPS) is 26.4. The maximum Gasteiger partial charge on any atom is 0.311 e. The van der Waals surface area contributed by atoms with Crippen molar-refractivity contribution < 1.29 is 14.0 Å². The van der Waals surface area contributed by atoms with Crippen molar-refractivity contribution in [3.63, 3.8) is 0 Å². The second-order valence-corrected chi connectivity index (χ2v) is 9.29. The van der Waals surface area contributed by atoms with Gasteiger partial charge in [0.15, 0.2) is 8.32 Å². The van der Waals surface area contributed by atoms with E-state index in [2.05, 4.69) is 25.7 Å². The maximum absolute atomic E-state index is 11.5. The summed E-state index contributed by atoms with van der Waals surface area (Å²) in [6.07, 6.45) is 5.77. The summed E-state index contributed by atoms with van der Waals surface area (Å²) in [6, 6.07) is 0. The van der Waals surface area contributed by atoms with Gasteiger partial charge in [-0.3, -0.25) is 4.79 Å². The first-order valence-electron chi connectivity index (χ1n) is 5.36. The van der Waals surface area contributed by atoms with Gasteiger partial charge in [0, 0.05) is 0 Å². The number of carbonyl (C=O) groups is 1. The molecule has 3 nitrogen and oxygen atoms in total. The summed E-state index contributed by atoms with van der Waals surface area (Å²) in [5.41, 5.74) is 0. The average Bonchev–Trinajstić information content (AvgIpc) is 2.15. The highest BCUT2D eigenvalue weighted by atomic mass is 28.4. The van der Waals surface area contributed by atoms with Gasteiger partial charge in [-0.1, -0.05) is 12.2 Å². The molecule has 0 spiro atoms. The van der Waals surface area contributed by atoms with Gasteiger partial charge in [-0.05, 0) is 32.5 Å². The first-order chi connectivity index (χ1) is 6.94. The minimum Gasteiger partial charge on any atom is -0.469 e. The van der Waals surface area contributed by atoms with E-state index in [0.29, 0.717) is 0 Å². The molecule has 0 aliphatic heterocycles. The van der Waals surface area contributed by atoms with Gasteiger partial charge < -0.3 is 9.16 Å². The Morgan fingerprint density at radius 3 is 2.60 bits per heavy atom. The molecule has 0 aromatic rings. The van der Waals surface area contributed by atoms with Crippen LogP contribution in [-0.4, -0.2) is 27.5 Å². The highest BCUT2D eigenvalue weighted by Crippen LogP contribution is 2.25. The van der Waals surface area contributed by atoms with Crippen LogP contribution in [0, 0.1) is 5.92 Å². The van der Waals surface area contributed by atoms with Crippen molar-refractivity contribution in [2.45, 2.75) is 38.6 Å². The number of hydrogen-bond donors (Lipinski definition) is 0. The number of allylic oxidation sites excluding steroid dienone is 1. The summed E-state index contributed by atoms with van der Waals surface area (Å²) < 4.78 is 10.8. The molecule has 1 aliphatic carbocycles. The number of ether oxygens (including phenoxy) is 1. The van der Waals surface area contributed by atoms with Crippen molar-refractivity contribution >= 4 is 14.3 Å². The molecule has 0 aromatic carbocycles. The van der Waals surface area contributed by atoms with Gasteiger partial charge in [0.25, 0.3) is 0 Å². The van der Waals surface area contributed by atoms with E-state index >= 15 is 0 Å². The van der Waals surface area contributed by atoms with Crippen LogP contribution in [0.4, 0.5) is 0 Å². The summed E-state index contributed by atoms with van der Waals surface area (Å²) >= 11 is 0. The van der Waals surface area contributed by atoms with E-state index in [1.165, 1.54) is 7.11 Å². The molecular weight excluding hydrogens is 208 g/mol. The number of hydrogen-bond acceptors (Lipinski definition) is 3. The lowest BCUT2D eigenvalue weighted by Crippen LogP contribution is -2.39. The first kappa shape index (κ1) is 12.5. The summed E-state index contributed by atoms with van der Waals surface area (Å²) in [7, 11) is -0.167. The molecule has 1 rings (SSSR count). The summed E-state index contributed by atoms with van der Waals surface area (Å²) in [4.78, 5) is 11.5. The van der Waals surface area contributed by atoms with E-state index in [4.69, 9.17) is 9.16 Å². The van der Waals surface area contributed by atoms with E-state index in [1.807, 2.05) is 6.08 Å². The molecule has 0 aromatic heterocycles. The third-order valence-corrected chi connectivity index (χ3v) is 3.34. The Hall–Kier alpha value is -0.613. The Balaban J connectivity index is 2.69. The van der Waals surface area contributed by atoms with E-state index in [1.54, 1.807) is 0 Å². The molecule has 86 valence electrons. The molecule has 0 amide bonds. The predicted molar refractivity (Wildman–Crippen MR) is 62.1 cm³/mol. The van der Waals surface area contributed by atoms with Crippen LogP contribution in [-0.2, 0) is 14.0 Å². The first-order valence-corrected chi connectivity index (χ1v) is 8.77. The van der Waals surface area contributed by atoms with Crippen molar-refractivity contribution in [2.75, 3.05) is 7.11 Å². The predicted octanol–water partition coefficient (Wildman–Crippen LogP) is 2.35. The third kappa shape index (κ3) is 3.79. The molecule has 0 unspecified atom stereocenters. The van der Waals surface area contributed by atoms with Gasteiger partial charge >= 0.3 is 5.97 Å². The zero-order chi connectivity index (χ0) is 11.5. The fourth-order valence-corrected chi connectivity index (χ4v) is 2.80. The average molecular weight is 228 g/mol. The number of rotatable bonds is 3. The lowest BCUT2D eigenvalue weighted by molar-refractivity contribution is -0.148. The van der Waals surface area contributed by atoms with Crippen LogP contribution in [0.15, 0.2) is 12.2 Å². The second kappa shape index (κ2) is 4.94. The molecule has 0 N–H and O–H groups in total. The lowest BCUT2D eigenvalue weighted by atomic mass is 9.92.